The Labute approximate surface area is 121 Å². The fraction of sp³-hybridized carbons (Fsp3) is 0.583. The molecule has 1 aromatic heterocycles. The molecule has 0 radical (unpaired) electrons. The van der Waals surface area contributed by atoms with Gasteiger partial charge in [0.25, 0.3) is 0 Å². The van der Waals surface area contributed by atoms with E-state index in [0.717, 1.165) is 5.01 Å². The van der Waals surface area contributed by atoms with Gasteiger partial charge in [0.1, 0.15) is 17.4 Å². The first-order valence-electron chi connectivity index (χ1n) is 6.24. The molecule has 1 rings (SSSR count). The second kappa shape index (κ2) is 7.09. The molecule has 0 saturated heterocycles. The lowest BCUT2D eigenvalue weighted by Gasteiger charge is -2.22. The van der Waals surface area contributed by atoms with E-state index < -0.39 is 12.0 Å². The molecule has 0 saturated carbocycles. The highest BCUT2D eigenvalue weighted by atomic mass is 32.1. The summed E-state index contributed by atoms with van der Waals surface area (Å²) >= 11 is 1.45. The molecule has 0 aliphatic rings. The molecule has 112 valence electrons. The van der Waals surface area contributed by atoms with Crippen molar-refractivity contribution < 1.29 is 14.3 Å². The van der Waals surface area contributed by atoms with Crippen LogP contribution >= 0.6 is 11.3 Å². The summed E-state index contributed by atoms with van der Waals surface area (Å²) in [6.07, 6.45) is 0. The van der Waals surface area contributed by atoms with Gasteiger partial charge in [-0.15, -0.1) is 11.3 Å². The summed E-state index contributed by atoms with van der Waals surface area (Å²) in [5.74, 6) is 0.0134. The number of carbonyl (C=O) groups is 2. The Morgan fingerprint density at radius 1 is 1.45 bits per heavy atom. The predicted octanol–water partition coefficient (Wildman–Crippen LogP) is 0.865. The van der Waals surface area contributed by atoms with Crippen LogP contribution in [0.5, 0.6) is 0 Å². The smallest absolute Gasteiger partial charge is 0.325 e. The Morgan fingerprint density at radius 3 is 2.70 bits per heavy atom. The minimum absolute atomic E-state index is 0.149. The van der Waals surface area contributed by atoms with Gasteiger partial charge < -0.3 is 21.1 Å². The fourth-order valence-corrected chi connectivity index (χ4v) is 2.24. The van der Waals surface area contributed by atoms with Gasteiger partial charge >= 0.3 is 12.0 Å². The fourth-order valence-electron chi connectivity index (χ4n) is 1.40. The normalized spacial score (nSPS) is 10.9. The number of nitrogens with zero attached hydrogens (tertiary/aromatic N) is 1. The number of amides is 2. The standard InChI is InChI=1S/C12H20N4O3S/c1-4-19-9(17)5-14-11(18)15-7-12(2,3)10-16-8(13)6-20-10/h6H,4-5,7,13H2,1-3H3,(H2,14,15,18). The van der Waals surface area contributed by atoms with Gasteiger partial charge in [-0.3, -0.25) is 4.79 Å². The number of nitrogen functional groups attached to an aromatic ring is 1. The van der Waals surface area contributed by atoms with Crippen molar-refractivity contribution in [3.05, 3.63) is 10.4 Å². The van der Waals surface area contributed by atoms with Gasteiger partial charge in [-0.1, -0.05) is 13.8 Å². The zero-order chi connectivity index (χ0) is 15.2. The molecule has 0 fully saturated rings. The van der Waals surface area contributed by atoms with Crippen LogP contribution in [0.25, 0.3) is 0 Å². The number of anilines is 1. The highest BCUT2D eigenvalue weighted by Gasteiger charge is 2.25. The molecule has 0 aromatic carbocycles. The molecule has 4 N–H and O–H groups in total. The molecule has 1 heterocycles. The summed E-state index contributed by atoms with van der Waals surface area (Å²) in [5.41, 5.74) is 5.26. The van der Waals surface area contributed by atoms with Crippen molar-refractivity contribution in [2.24, 2.45) is 0 Å². The highest BCUT2D eigenvalue weighted by molar-refractivity contribution is 7.10. The average molecular weight is 300 g/mol. The third-order valence-corrected chi connectivity index (χ3v) is 3.72. The van der Waals surface area contributed by atoms with Crippen LogP contribution in [0, 0.1) is 0 Å². The van der Waals surface area contributed by atoms with E-state index in [9.17, 15) is 9.59 Å². The number of thiazole rings is 1. The Kier molecular flexibility index (Phi) is 5.75. The minimum atomic E-state index is -0.463. The van der Waals surface area contributed by atoms with E-state index in [-0.39, 0.29) is 12.0 Å². The Morgan fingerprint density at radius 2 is 2.15 bits per heavy atom. The number of nitrogens with two attached hydrogens (primary N) is 1. The first kappa shape index (κ1) is 16.2. The number of carbonyl (C=O) groups excluding carboxylic acids is 2. The number of rotatable bonds is 6. The molecule has 0 atom stereocenters. The quantitative estimate of drug-likeness (QED) is 0.676. The van der Waals surface area contributed by atoms with E-state index in [1.54, 1.807) is 12.3 Å². The van der Waals surface area contributed by atoms with Gasteiger partial charge in [0.05, 0.1) is 6.61 Å². The lowest BCUT2D eigenvalue weighted by molar-refractivity contribution is -0.141. The first-order valence-corrected chi connectivity index (χ1v) is 7.12. The van der Waals surface area contributed by atoms with Crippen molar-refractivity contribution >= 4 is 29.2 Å². The van der Waals surface area contributed by atoms with E-state index in [2.05, 4.69) is 15.6 Å². The summed E-state index contributed by atoms with van der Waals surface area (Å²) in [6, 6.07) is -0.421. The monoisotopic (exact) mass is 300 g/mol. The highest BCUT2D eigenvalue weighted by Crippen LogP contribution is 2.26. The van der Waals surface area contributed by atoms with Crippen molar-refractivity contribution in [1.82, 2.24) is 15.6 Å². The predicted molar refractivity (Wildman–Crippen MR) is 77.6 cm³/mol. The van der Waals surface area contributed by atoms with Crippen LogP contribution in [-0.4, -0.2) is 36.7 Å². The third kappa shape index (κ3) is 5.04. The number of hydrogen-bond donors (Lipinski definition) is 3. The van der Waals surface area contributed by atoms with Crippen molar-refractivity contribution in [2.75, 3.05) is 25.4 Å². The van der Waals surface area contributed by atoms with Crippen LogP contribution in [0.15, 0.2) is 5.38 Å². The topological polar surface area (TPSA) is 106 Å². The number of ether oxygens (including phenoxy) is 1. The third-order valence-electron chi connectivity index (χ3n) is 2.49. The van der Waals surface area contributed by atoms with E-state index in [1.165, 1.54) is 11.3 Å². The summed E-state index contributed by atoms with van der Waals surface area (Å²) in [5, 5.41) is 7.74. The summed E-state index contributed by atoms with van der Waals surface area (Å²) in [7, 11) is 0. The molecule has 0 bridgehead atoms. The van der Waals surface area contributed by atoms with E-state index >= 15 is 0 Å². The maximum absolute atomic E-state index is 11.6. The summed E-state index contributed by atoms with van der Waals surface area (Å²) in [6.45, 7) is 6.15. The van der Waals surface area contributed by atoms with Crippen molar-refractivity contribution in [3.8, 4) is 0 Å². The van der Waals surface area contributed by atoms with Crippen LogP contribution in [0.4, 0.5) is 10.6 Å². The zero-order valence-corrected chi connectivity index (χ0v) is 12.7. The molecule has 1 aromatic rings. The number of aromatic nitrogens is 1. The average Bonchev–Trinajstić information content (AvgIpc) is 2.82. The van der Waals surface area contributed by atoms with Gasteiger partial charge in [-0.2, -0.15) is 0 Å². The first-order chi connectivity index (χ1) is 9.35. The molecule has 20 heavy (non-hydrogen) atoms. The van der Waals surface area contributed by atoms with Crippen molar-refractivity contribution in [3.63, 3.8) is 0 Å². The number of esters is 1. The molecule has 0 spiro atoms. The molecule has 2 amide bonds. The van der Waals surface area contributed by atoms with E-state index in [0.29, 0.717) is 19.0 Å². The molecule has 7 nitrogen and oxygen atoms in total. The van der Waals surface area contributed by atoms with E-state index in [4.69, 9.17) is 10.5 Å². The van der Waals surface area contributed by atoms with Gasteiger partial charge in [0.15, 0.2) is 0 Å². The molecular formula is C12H20N4O3S. The maximum Gasteiger partial charge on any atom is 0.325 e. The van der Waals surface area contributed by atoms with Gasteiger partial charge in [-0.25, -0.2) is 9.78 Å². The van der Waals surface area contributed by atoms with Crippen LogP contribution < -0.4 is 16.4 Å². The molecule has 0 unspecified atom stereocenters. The van der Waals surface area contributed by atoms with Gasteiger partial charge in [0.2, 0.25) is 0 Å². The molecule has 8 heteroatoms. The molecule has 0 aliphatic heterocycles. The Bertz CT molecular complexity index is 473. The van der Waals surface area contributed by atoms with Gasteiger partial charge in [0, 0.05) is 17.3 Å². The molecular weight excluding hydrogens is 280 g/mol. The van der Waals surface area contributed by atoms with Crippen molar-refractivity contribution in [1.29, 1.82) is 0 Å². The van der Waals surface area contributed by atoms with Gasteiger partial charge in [-0.05, 0) is 6.92 Å². The second-order valence-electron chi connectivity index (χ2n) is 4.80. The van der Waals surface area contributed by atoms with Crippen LogP contribution in [0.1, 0.15) is 25.8 Å². The lowest BCUT2D eigenvalue weighted by Crippen LogP contribution is -2.44. The Balaban J connectivity index is 2.38. The zero-order valence-electron chi connectivity index (χ0n) is 11.9. The summed E-state index contributed by atoms with van der Waals surface area (Å²) in [4.78, 5) is 26.9. The van der Waals surface area contributed by atoms with Crippen molar-refractivity contribution in [2.45, 2.75) is 26.2 Å². The van der Waals surface area contributed by atoms with E-state index in [1.807, 2.05) is 13.8 Å². The molecule has 0 aliphatic carbocycles. The second-order valence-corrected chi connectivity index (χ2v) is 5.66. The Hall–Kier alpha value is -1.83. The number of urea groups is 1. The number of hydrogen-bond acceptors (Lipinski definition) is 6. The van der Waals surface area contributed by atoms with Crippen LogP contribution in [0.2, 0.25) is 0 Å². The SMILES string of the molecule is CCOC(=O)CNC(=O)NCC(C)(C)c1nc(N)cs1. The number of nitrogens with one attached hydrogen (secondary N) is 2. The van der Waals surface area contributed by atoms with Crippen LogP contribution in [-0.2, 0) is 14.9 Å². The minimum Gasteiger partial charge on any atom is -0.465 e. The summed E-state index contributed by atoms with van der Waals surface area (Å²) < 4.78 is 4.71. The maximum atomic E-state index is 11.6. The largest absolute Gasteiger partial charge is 0.465 e. The van der Waals surface area contributed by atoms with Crippen LogP contribution in [0.3, 0.4) is 0 Å². The lowest BCUT2D eigenvalue weighted by atomic mass is 9.94.